The Kier molecular flexibility index (Phi) is 6.69. The third-order valence-corrected chi connectivity index (χ3v) is 5.12. The molecule has 1 fully saturated rings. The number of amides is 3. The minimum atomic E-state index is -0.625. The average Bonchev–Trinajstić information content (AvgIpc) is 3.01. The number of aliphatic hydroxyl groups is 1. The monoisotopic (exact) mass is 392 g/mol. The van der Waals surface area contributed by atoms with Gasteiger partial charge in [-0.15, -0.1) is 0 Å². The molecule has 3 heterocycles. The molecule has 0 aliphatic carbocycles. The van der Waals surface area contributed by atoms with Gasteiger partial charge in [0.25, 0.3) is 0 Å². The summed E-state index contributed by atoms with van der Waals surface area (Å²) in [5.74, 6) is 0.576. The highest BCUT2D eigenvalue weighted by Gasteiger charge is 2.30. The molecule has 154 valence electrons. The summed E-state index contributed by atoms with van der Waals surface area (Å²) in [7, 11) is 0. The van der Waals surface area contributed by atoms with Gasteiger partial charge in [0.05, 0.1) is 25.2 Å². The van der Waals surface area contributed by atoms with Crippen LogP contribution in [0.2, 0.25) is 0 Å². The lowest BCUT2D eigenvalue weighted by Gasteiger charge is -2.33. The quantitative estimate of drug-likeness (QED) is 0.654. The summed E-state index contributed by atoms with van der Waals surface area (Å²) < 4.78 is 10.9. The van der Waals surface area contributed by atoms with E-state index in [2.05, 4.69) is 15.8 Å². The number of nitrogens with one attached hydrogen (secondary N) is 2. The minimum Gasteiger partial charge on any atom is -0.394 e. The van der Waals surface area contributed by atoms with Gasteiger partial charge in [0.1, 0.15) is 17.5 Å². The smallest absolute Gasteiger partial charge is 0.319 e. The van der Waals surface area contributed by atoms with Gasteiger partial charge in [0.2, 0.25) is 5.91 Å². The Labute approximate surface area is 164 Å². The number of nitrogens with zero attached hydrogens (tertiary/aromatic N) is 2. The molecule has 0 saturated carbocycles. The van der Waals surface area contributed by atoms with E-state index in [4.69, 9.17) is 9.26 Å². The van der Waals surface area contributed by atoms with Crippen molar-refractivity contribution in [1.82, 2.24) is 15.4 Å². The Morgan fingerprint density at radius 2 is 2.00 bits per heavy atom. The van der Waals surface area contributed by atoms with Crippen LogP contribution in [0.4, 0.5) is 10.5 Å². The molecule has 9 heteroatoms. The van der Waals surface area contributed by atoms with E-state index in [0.717, 1.165) is 25.9 Å². The number of aliphatic hydroxyl groups excluding tert-OH is 1. The minimum absolute atomic E-state index is 0.0635. The maximum Gasteiger partial charge on any atom is 0.319 e. The van der Waals surface area contributed by atoms with E-state index in [-0.39, 0.29) is 18.9 Å². The number of carbonyl (C=O) groups excluding carboxylic acids is 2. The van der Waals surface area contributed by atoms with Crippen LogP contribution in [-0.4, -0.2) is 65.0 Å². The van der Waals surface area contributed by atoms with Gasteiger partial charge in [-0.3, -0.25) is 4.79 Å². The molecular formula is C19H28N4O5. The molecule has 0 aromatic carbocycles. The molecule has 3 rings (SSSR count). The van der Waals surface area contributed by atoms with Crippen LogP contribution < -0.4 is 10.6 Å². The van der Waals surface area contributed by atoms with Crippen LogP contribution in [0.5, 0.6) is 0 Å². The van der Waals surface area contributed by atoms with Gasteiger partial charge < -0.3 is 29.9 Å². The second-order valence-corrected chi connectivity index (χ2v) is 7.25. The van der Waals surface area contributed by atoms with Crippen molar-refractivity contribution in [2.24, 2.45) is 0 Å². The predicted molar refractivity (Wildman–Crippen MR) is 102 cm³/mol. The number of aromatic nitrogens is 1. The number of hydrogen-bond acceptors (Lipinski definition) is 6. The molecule has 1 saturated heterocycles. The van der Waals surface area contributed by atoms with Gasteiger partial charge >= 0.3 is 6.03 Å². The van der Waals surface area contributed by atoms with Crippen molar-refractivity contribution in [3.05, 3.63) is 23.6 Å². The van der Waals surface area contributed by atoms with Crippen molar-refractivity contribution < 1.29 is 24.0 Å². The van der Waals surface area contributed by atoms with Crippen LogP contribution in [0.25, 0.3) is 0 Å². The van der Waals surface area contributed by atoms with Crippen molar-refractivity contribution in [1.29, 1.82) is 0 Å². The zero-order valence-electron chi connectivity index (χ0n) is 16.3. The van der Waals surface area contributed by atoms with E-state index in [9.17, 15) is 14.7 Å². The molecule has 28 heavy (non-hydrogen) atoms. The van der Waals surface area contributed by atoms with E-state index < -0.39 is 24.3 Å². The largest absolute Gasteiger partial charge is 0.394 e. The van der Waals surface area contributed by atoms with E-state index in [1.807, 2.05) is 4.90 Å². The summed E-state index contributed by atoms with van der Waals surface area (Å²) in [6.45, 7) is 4.76. The first-order valence-electron chi connectivity index (χ1n) is 9.70. The van der Waals surface area contributed by atoms with Crippen molar-refractivity contribution in [3.63, 3.8) is 0 Å². The fourth-order valence-electron chi connectivity index (χ4n) is 3.54. The third kappa shape index (κ3) is 4.90. The number of likely N-dealkylation sites (tertiary alicyclic amines) is 1. The molecule has 0 spiro atoms. The zero-order valence-corrected chi connectivity index (χ0v) is 16.3. The normalized spacial score (nSPS) is 24.8. The first kappa shape index (κ1) is 20.3. The summed E-state index contributed by atoms with van der Waals surface area (Å²) in [4.78, 5) is 26.6. The molecule has 1 aromatic heterocycles. The Balaban J connectivity index is 1.55. The Morgan fingerprint density at radius 1 is 1.25 bits per heavy atom. The SMILES string of the molecule is Cc1noc(C)c1NC(=O)N[C@H]1C=C[C@@H](CC(=O)N2CCCCC2)O[C@@H]1CO. The standard InChI is InChI=1S/C19H28N4O5/c1-12-18(13(2)28-22-12)21-19(26)20-15-7-6-14(27-16(15)11-24)10-17(25)23-8-4-3-5-9-23/h6-7,14-16,24H,3-5,8-11H2,1-2H3,(H2,20,21,26)/t14-,15-,16+/m0/s1. The second kappa shape index (κ2) is 9.20. The zero-order chi connectivity index (χ0) is 20.1. The summed E-state index contributed by atoms with van der Waals surface area (Å²) in [6.07, 6.45) is 6.00. The number of anilines is 1. The number of rotatable bonds is 5. The van der Waals surface area contributed by atoms with E-state index in [0.29, 0.717) is 17.1 Å². The highest BCUT2D eigenvalue weighted by molar-refractivity contribution is 5.90. The van der Waals surface area contributed by atoms with E-state index in [1.165, 1.54) is 6.42 Å². The summed E-state index contributed by atoms with van der Waals surface area (Å²) >= 11 is 0. The molecule has 0 bridgehead atoms. The first-order valence-corrected chi connectivity index (χ1v) is 9.70. The fraction of sp³-hybridized carbons (Fsp3) is 0.632. The van der Waals surface area contributed by atoms with Crippen molar-refractivity contribution in [2.75, 3.05) is 25.0 Å². The van der Waals surface area contributed by atoms with Crippen LogP contribution in [0.15, 0.2) is 16.7 Å². The first-order chi connectivity index (χ1) is 13.5. The number of urea groups is 1. The Hall–Kier alpha value is -2.39. The Morgan fingerprint density at radius 3 is 2.64 bits per heavy atom. The number of carbonyl (C=O) groups is 2. The molecule has 2 aliphatic heterocycles. The lowest BCUT2D eigenvalue weighted by Crippen LogP contribution is -2.50. The summed E-state index contributed by atoms with van der Waals surface area (Å²) in [5, 5.41) is 18.9. The highest BCUT2D eigenvalue weighted by atomic mass is 16.5. The molecule has 1 aromatic rings. The predicted octanol–water partition coefficient (Wildman–Crippen LogP) is 1.50. The molecule has 3 atom stereocenters. The highest BCUT2D eigenvalue weighted by Crippen LogP contribution is 2.20. The molecular weight excluding hydrogens is 364 g/mol. The molecule has 0 radical (unpaired) electrons. The van der Waals surface area contributed by atoms with E-state index >= 15 is 0 Å². The van der Waals surface area contributed by atoms with Gasteiger partial charge in [-0.05, 0) is 33.1 Å². The summed E-state index contributed by atoms with van der Waals surface area (Å²) in [5.41, 5.74) is 1.10. The van der Waals surface area contributed by atoms with Crippen molar-refractivity contribution in [3.8, 4) is 0 Å². The molecule has 3 N–H and O–H groups in total. The number of piperidine rings is 1. The van der Waals surface area contributed by atoms with Crippen LogP contribution in [0.3, 0.4) is 0 Å². The lowest BCUT2D eigenvalue weighted by molar-refractivity contribution is -0.136. The maximum atomic E-state index is 12.4. The fourth-order valence-corrected chi connectivity index (χ4v) is 3.54. The van der Waals surface area contributed by atoms with Crippen LogP contribution >= 0.6 is 0 Å². The van der Waals surface area contributed by atoms with Crippen molar-refractivity contribution in [2.45, 2.75) is 57.8 Å². The van der Waals surface area contributed by atoms with Gasteiger partial charge in [0, 0.05) is 13.1 Å². The van der Waals surface area contributed by atoms with Crippen LogP contribution in [-0.2, 0) is 9.53 Å². The molecule has 2 aliphatic rings. The topological polar surface area (TPSA) is 117 Å². The summed E-state index contributed by atoms with van der Waals surface area (Å²) in [6, 6.07) is -0.958. The molecule has 9 nitrogen and oxygen atoms in total. The lowest BCUT2D eigenvalue weighted by atomic mass is 10.0. The van der Waals surface area contributed by atoms with Gasteiger partial charge in [-0.1, -0.05) is 17.3 Å². The van der Waals surface area contributed by atoms with E-state index in [1.54, 1.807) is 26.0 Å². The van der Waals surface area contributed by atoms with Crippen molar-refractivity contribution >= 4 is 17.6 Å². The Bertz CT molecular complexity index is 706. The van der Waals surface area contributed by atoms with Gasteiger partial charge in [-0.2, -0.15) is 0 Å². The average molecular weight is 392 g/mol. The third-order valence-electron chi connectivity index (χ3n) is 5.12. The molecule has 3 amide bonds. The van der Waals surface area contributed by atoms with Gasteiger partial charge in [0.15, 0.2) is 5.76 Å². The van der Waals surface area contributed by atoms with Gasteiger partial charge in [-0.25, -0.2) is 4.79 Å². The number of aryl methyl sites for hydroxylation is 2. The maximum absolute atomic E-state index is 12.4. The number of ether oxygens (including phenoxy) is 1. The van der Waals surface area contributed by atoms with Crippen LogP contribution in [0, 0.1) is 13.8 Å². The number of hydrogen-bond donors (Lipinski definition) is 3. The molecule has 0 unspecified atom stereocenters. The van der Waals surface area contributed by atoms with Crippen LogP contribution in [0.1, 0.15) is 37.1 Å². The second-order valence-electron chi connectivity index (χ2n) is 7.25.